The van der Waals surface area contributed by atoms with Crippen LogP contribution in [0.3, 0.4) is 0 Å². The van der Waals surface area contributed by atoms with Crippen molar-refractivity contribution in [2.24, 2.45) is 0 Å². The van der Waals surface area contributed by atoms with Gasteiger partial charge in [0, 0.05) is 6.42 Å². The third-order valence-corrected chi connectivity index (χ3v) is 11.4. The average Bonchev–Trinajstić information content (AvgIpc) is 3.29. The normalized spacial score (nSPS) is 34.9. The predicted molar refractivity (Wildman–Crippen MR) is 231 cm³/mol. The summed E-state index contributed by atoms with van der Waals surface area (Å²) in [7, 11) is 0. The molecule has 12 N–H and O–H groups in total. The average molecular weight is 920 g/mol. The Morgan fingerprint density at radius 1 is 0.578 bits per heavy atom. The first-order valence-electron chi connectivity index (χ1n) is 22.9. The molecule has 0 bridgehead atoms. The Labute approximate surface area is 376 Å². The fourth-order valence-electron chi connectivity index (χ4n) is 7.53. The van der Waals surface area contributed by atoms with E-state index in [2.05, 4.69) is 67.8 Å². The van der Waals surface area contributed by atoms with Crippen molar-refractivity contribution in [2.75, 3.05) is 26.4 Å². The molecule has 64 heavy (non-hydrogen) atoms. The third kappa shape index (κ3) is 17.8. The number of allylic oxidation sites excluding steroid dienone is 8. The highest BCUT2D eigenvalue weighted by atomic mass is 16.8. The molecule has 0 radical (unpaired) electrons. The SMILES string of the molecule is CC/C=C\C/C=C\C/C=C\C/C=C\CCCCC(=O)NC(COC1OC(CO)C(OC2OC(CO)C(OC3OC(CO)C(O)C(O)C3O)C(O)C2O)C(O)C1O)C(O)CCCCCC. The molecule has 0 aromatic heterocycles. The Hall–Kier alpha value is -2.25. The molecule has 17 atom stereocenters. The molecular formula is C45H77NO18. The van der Waals surface area contributed by atoms with Crippen LogP contribution in [0.1, 0.15) is 97.3 Å². The molecule has 0 aromatic carbocycles. The second-order valence-corrected chi connectivity index (χ2v) is 16.5. The number of hydrogen-bond acceptors (Lipinski definition) is 18. The van der Waals surface area contributed by atoms with Crippen LogP contribution in [0.4, 0.5) is 0 Å². The highest BCUT2D eigenvalue weighted by Gasteiger charge is 2.53. The van der Waals surface area contributed by atoms with Gasteiger partial charge < -0.3 is 89.9 Å². The summed E-state index contributed by atoms with van der Waals surface area (Å²) in [6, 6.07) is -0.904. The molecule has 3 aliphatic rings. The van der Waals surface area contributed by atoms with E-state index in [1.807, 2.05) is 0 Å². The lowest BCUT2D eigenvalue weighted by Gasteiger charge is -2.48. The number of ether oxygens (including phenoxy) is 6. The zero-order valence-corrected chi connectivity index (χ0v) is 37.2. The number of rotatable bonds is 29. The second kappa shape index (κ2) is 30.9. The van der Waals surface area contributed by atoms with E-state index in [9.17, 15) is 61.0 Å². The molecule has 3 rings (SSSR count). The van der Waals surface area contributed by atoms with Crippen LogP contribution >= 0.6 is 0 Å². The van der Waals surface area contributed by atoms with Gasteiger partial charge in [0.05, 0.1) is 38.6 Å². The van der Waals surface area contributed by atoms with Crippen LogP contribution in [0, 0.1) is 0 Å². The summed E-state index contributed by atoms with van der Waals surface area (Å²) in [5.41, 5.74) is 0. The third-order valence-electron chi connectivity index (χ3n) is 11.4. The first kappa shape index (κ1) is 56.1. The van der Waals surface area contributed by atoms with E-state index in [0.717, 1.165) is 57.8 Å². The van der Waals surface area contributed by atoms with Gasteiger partial charge in [-0.25, -0.2) is 0 Å². The topological polar surface area (TPSA) is 307 Å². The number of aliphatic hydroxyl groups excluding tert-OH is 11. The molecule has 3 saturated heterocycles. The molecule has 0 saturated carbocycles. The minimum atomic E-state index is -1.97. The molecule has 1 amide bonds. The maximum atomic E-state index is 13.0. The number of carbonyl (C=O) groups is 1. The highest BCUT2D eigenvalue weighted by Crippen LogP contribution is 2.33. The fourth-order valence-corrected chi connectivity index (χ4v) is 7.53. The van der Waals surface area contributed by atoms with E-state index in [1.54, 1.807) is 0 Å². The minimum Gasteiger partial charge on any atom is -0.394 e. The molecule has 19 heteroatoms. The van der Waals surface area contributed by atoms with Crippen LogP contribution in [0.15, 0.2) is 48.6 Å². The number of amides is 1. The molecule has 0 spiro atoms. The quantitative estimate of drug-likeness (QED) is 0.0337. The lowest BCUT2D eigenvalue weighted by molar-refractivity contribution is -0.379. The summed E-state index contributed by atoms with van der Waals surface area (Å²) < 4.78 is 33.9. The molecule has 17 unspecified atom stereocenters. The van der Waals surface area contributed by atoms with Crippen LogP contribution < -0.4 is 5.32 Å². The fraction of sp³-hybridized carbons (Fsp3) is 0.800. The Kier molecular flexibility index (Phi) is 27.1. The number of unbranched alkanes of at least 4 members (excludes halogenated alkanes) is 5. The van der Waals surface area contributed by atoms with Crippen molar-refractivity contribution in [1.29, 1.82) is 0 Å². The van der Waals surface area contributed by atoms with Crippen molar-refractivity contribution in [3.8, 4) is 0 Å². The Balaban J connectivity index is 1.54. The second-order valence-electron chi connectivity index (χ2n) is 16.5. The molecule has 3 heterocycles. The number of nitrogens with one attached hydrogen (secondary N) is 1. The predicted octanol–water partition coefficient (Wildman–Crippen LogP) is -0.367. The smallest absolute Gasteiger partial charge is 0.220 e. The largest absolute Gasteiger partial charge is 0.394 e. The van der Waals surface area contributed by atoms with Crippen LogP contribution in [-0.2, 0) is 33.2 Å². The Morgan fingerprint density at radius 3 is 1.62 bits per heavy atom. The van der Waals surface area contributed by atoms with Gasteiger partial charge >= 0.3 is 0 Å². The number of carbonyl (C=O) groups excluding carboxylic acids is 1. The van der Waals surface area contributed by atoms with Crippen molar-refractivity contribution in [3.63, 3.8) is 0 Å². The maximum absolute atomic E-state index is 13.0. The summed E-state index contributed by atoms with van der Waals surface area (Å²) in [6.45, 7) is 1.43. The van der Waals surface area contributed by atoms with Crippen LogP contribution in [0.5, 0.6) is 0 Å². The van der Waals surface area contributed by atoms with Crippen LogP contribution in [0.25, 0.3) is 0 Å². The zero-order valence-electron chi connectivity index (χ0n) is 37.2. The lowest BCUT2D eigenvalue weighted by atomic mass is 9.96. The molecule has 370 valence electrons. The molecule has 3 fully saturated rings. The van der Waals surface area contributed by atoms with Crippen molar-refractivity contribution < 1.29 is 89.4 Å². The number of hydrogen-bond donors (Lipinski definition) is 12. The van der Waals surface area contributed by atoms with Gasteiger partial charge in [-0.15, -0.1) is 0 Å². The van der Waals surface area contributed by atoms with E-state index in [0.29, 0.717) is 19.3 Å². The van der Waals surface area contributed by atoms with Gasteiger partial charge in [0.25, 0.3) is 0 Å². The molecular weight excluding hydrogens is 842 g/mol. The summed E-state index contributed by atoms with van der Waals surface area (Å²) >= 11 is 0. The van der Waals surface area contributed by atoms with Gasteiger partial charge in [-0.05, 0) is 51.4 Å². The van der Waals surface area contributed by atoms with E-state index < -0.39 is 124 Å². The van der Waals surface area contributed by atoms with Crippen LogP contribution in [0.2, 0.25) is 0 Å². The molecule has 0 aliphatic carbocycles. The van der Waals surface area contributed by atoms with Gasteiger partial charge in [0.1, 0.15) is 73.2 Å². The Morgan fingerprint density at radius 2 is 1.08 bits per heavy atom. The van der Waals surface area contributed by atoms with E-state index in [-0.39, 0.29) is 18.9 Å². The van der Waals surface area contributed by atoms with Gasteiger partial charge in [-0.3, -0.25) is 4.79 Å². The van der Waals surface area contributed by atoms with Gasteiger partial charge in [-0.1, -0.05) is 88.1 Å². The van der Waals surface area contributed by atoms with Crippen molar-refractivity contribution in [1.82, 2.24) is 5.32 Å². The summed E-state index contributed by atoms with van der Waals surface area (Å²) in [5, 5.41) is 119. The van der Waals surface area contributed by atoms with Gasteiger partial charge in [0.15, 0.2) is 18.9 Å². The van der Waals surface area contributed by atoms with Gasteiger partial charge in [0.2, 0.25) is 5.91 Å². The Bertz CT molecular complexity index is 1380. The summed E-state index contributed by atoms with van der Waals surface area (Å²) in [4.78, 5) is 13.0. The molecule has 19 nitrogen and oxygen atoms in total. The first-order chi connectivity index (χ1) is 30.8. The first-order valence-corrected chi connectivity index (χ1v) is 22.9. The van der Waals surface area contributed by atoms with Crippen molar-refractivity contribution >= 4 is 5.91 Å². The van der Waals surface area contributed by atoms with E-state index in [4.69, 9.17) is 28.4 Å². The summed E-state index contributed by atoms with van der Waals surface area (Å²) in [6.07, 6.45) is 0.434. The maximum Gasteiger partial charge on any atom is 0.220 e. The van der Waals surface area contributed by atoms with E-state index in [1.165, 1.54) is 0 Å². The standard InChI is InChI=1S/C45H77NO18/c1-3-5-7-9-10-11-12-13-14-15-16-17-18-19-21-23-33(51)46-28(29(50)22-20-8-6-4-2)27-59-43-39(57)36(54)41(31(25-48)61-43)64-45-40(58)37(55)42(32(26-49)62-45)63-44-38(56)35(53)34(52)30(24-47)60-44/h5,7,10-11,13-14,16-17,28-32,34-45,47-50,52-58H,3-4,6,8-9,12,15,18-27H2,1-2H3,(H,46,51)/b7-5-,11-10-,14-13-,17-16-. The number of aliphatic hydroxyl groups is 11. The molecule has 0 aromatic rings. The zero-order chi connectivity index (χ0) is 47.0. The van der Waals surface area contributed by atoms with E-state index >= 15 is 0 Å². The lowest BCUT2D eigenvalue weighted by Crippen LogP contribution is -2.66. The monoisotopic (exact) mass is 920 g/mol. The van der Waals surface area contributed by atoms with Crippen molar-refractivity contribution in [3.05, 3.63) is 48.6 Å². The highest BCUT2D eigenvalue weighted by molar-refractivity contribution is 5.76. The van der Waals surface area contributed by atoms with Crippen molar-refractivity contribution in [2.45, 2.75) is 202 Å². The minimum absolute atomic E-state index is 0.209. The molecule has 3 aliphatic heterocycles. The van der Waals surface area contributed by atoms with Crippen LogP contribution in [-0.4, -0.2) is 193 Å². The van der Waals surface area contributed by atoms with Gasteiger partial charge in [-0.2, -0.15) is 0 Å². The summed E-state index contributed by atoms with van der Waals surface area (Å²) in [5.74, 6) is -0.298.